The molecule has 3 aliphatic rings. The van der Waals surface area contributed by atoms with Gasteiger partial charge in [0.05, 0.1) is 24.2 Å². The maximum atomic E-state index is 13.3. The molecule has 7 rings (SSSR count). The molecule has 2 aliphatic heterocycles. The second-order valence-corrected chi connectivity index (χ2v) is 13.0. The Bertz CT molecular complexity index is 1800. The van der Waals surface area contributed by atoms with Gasteiger partial charge < -0.3 is 19.4 Å². The lowest BCUT2D eigenvalue weighted by Crippen LogP contribution is -2.55. The number of hydrogen-bond donors (Lipinski definition) is 0. The molecule has 2 saturated heterocycles. The molecule has 0 bridgehead atoms. The molecule has 0 radical (unpaired) electrons. The number of rotatable bonds is 8. The number of carbonyl (C=O) groups is 1. The quantitative estimate of drug-likeness (QED) is 0.239. The molecule has 4 aromatic rings. The van der Waals surface area contributed by atoms with Crippen molar-refractivity contribution in [2.45, 2.75) is 56.5 Å². The van der Waals surface area contributed by atoms with Crippen LogP contribution >= 0.6 is 0 Å². The number of pyridine rings is 1. The van der Waals surface area contributed by atoms with Gasteiger partial charge in [0.2, 0.25) is 5.91 Å². The minimum atomic E-state index is -0.252. The second-order valence-electron chi connectivity index (χ2n) is 13.0. The lowest BCUT2D eigenvalue weighted by molar-refractivity contribution is -0.128. The van der Waals surface area contributed by atoms with Crippen LogP contribution in [0.2, 0.25) is 0 Å². The van der Waals surface area contributed by atoms with E-state index in [1.54, 1.807) is 24.5 Å². The number of carbonyl (C=O) groups excluding carboxylic acids is 1. The number of fused-ring (bicyclic) bond motifs is 2. The van der Waals surface area contributed by atoms with E-state index in [4.69, 9.17) is 14.7 Å². The first-order valence-electron chi connectivity index (χ1n) is 16.8. The fraction of sp³-hybridized carbons (Fsp3) is 0.395. The third-order valence-corrected chi connectivity index (χ3v) is 10.1. The summed E-state index contributed by atoms with van der Waals surface area (Å²) in [7, 11) is 2.15. The van der Waals surface area contributed by atoms with Crippen LogP contribution in [0.5, 0.6) is 6.01 Å². The van der Waals surface area contributed by atoms with E-state index >= 15 is 0 Å². The number of piperazine rings is 1. The summed E-state index contributed by atoms with van der Waals surface area (Å²) in [5.41, 5.74) is 4.49. The van der Waals surface area contributed by atoms with Gasteiger partial charge in [-0.25, -0.2) is 0 Å². The van der Waals surface area contributed by atoms with Gasteiger partial charge in [-0.1, -0.05) is 42.5 Å². The van der Waals surface area contributed by atoms with Crippen LogP contribution in [0.15, 0.2) is 73.1 Å². The molecule has 2 aromatic heterocycles. The molecule has 1 amide bonds. The van der Waals surface area contributed by atoms with Crippen molar-refractivity contribution in [3.8, 4) is 12.1 Å². The minimum absolute atomic E-state index is 0.0888. The first kappa shape index (κ1) is 30.8. The Morgan fingerprint density at radius 3 is 2.70 bits per heavy atom. The van der Waals surface area contributed by atoms with Crippen molar-refractivity contribution in [3.05, 3.63) is 95.5 Å². The van der Waals surface area contributed by atoms with E-state index in [9.17, 15) is 10.1 Å². The second kappa shape index (κ2) is 13.9. The highest BCUT2D eigenvalue weighted by Crippen LogP contribution is 2.39. The van der Waals surface area contributed by atoms with Crippen LogP contribution in [0.4, 0.5) is 5.82 Å². The molecule has 2 fully saturated rings. The summed E-state index contributed by atoms with van der Waals surface area (Å²) in [6, 6.07) is 21.8. The van der Waals surface area contributed by atoms with Crippen molar-refractivity contribution < 1.29 is 9.53 Å². The van der Waals surface area contributed by atoms with Gasteiger partial charge in [-0.15, -0.1) is 0 Å². The van der Waals surface area contributed by atoms with Gasteiger partial charge in [0.25, 0.3) is 0 Å². The van der Waals surface area contributed by atoms with Gasteiger partial charge >= 0.3 is 6.01 Å². The van der Waals surface area contributed by atoms with E-state index in [1.807, 2.05) is 17.0 Å². The van der Waals surface area contributed by atoms with Crippen molar-refractivity contribution >= 4 is 28.6 Å². The average molecular weight is 628 g/mol. The van der Waals surface area contributed by atoms with Gasteiger partial charge in [-0.05, 0) is 91.7 Å². The number of nitrogens with zero attached hydrogens (tertiary/aromatic N) is 7. The molecule has 0 unspecified atom stereocenters. The average Bonchev–Trinajstić information content (AvgIpc) is 3.53. The molecule has 4 heterocycles. The van der Waals surface area contributed by atoms with Crippen molar-refractivity contribution in [2.24, 2.45) is 0 Å². The molecular formula is C38H41N7O2. The van der Waals surface area contributed by atoms with Crippen molar-refractivity contribution in [3.63, 3.8) is 0 Å². The number of benzene rings is 2. The van der Waals surface area contributed by atoms with Crippen LogP contribution in [0, 0.1) is 11.3 Å². The molecule has 9 nitrogen and oxygen atoms in total. The molecule has 0 N–H and O–H groups in total. The number of aromatic nitrogens is 3. The molecule has 0 saturated carbocycles. The molecular weight excluding hydrogens is 586 g/mol. The molecule has 9 heteroatoms. The number of anilines is 1. The summed E-state index contributed by atoms with van der Waals surface area (Å²) in [4.78, 5) is 33.9. The summed E-state index contributed by atoms with van der Waals surface area (Å²) in [5, 5.41) is 12.3. The Morgan fingerprint density at radius 1 is 1.02 bits per heavy atom. The van der Waals surface area contributed by atoms with E-state index in [2.05, 4.69) is 70.4 Å². The zero-order valence-electron chi connectivity index (χ0n) is 27.0. The lowest BCUT2D eigenvalue weighted by Gasteiger charge is -2.42. The van der Waals surface area contributed by atoms with Gasteiger partial charge in [0.1, 0.15) is 12.4 Å². The molecule has 2 aromatic carbocycles. The summed E-state index contributed by atoms with van der Waals surface area (Å²) < 4.78 is 6.36. The van der Waals surface area contributed by atoms with Gasteiger partial charge in [0, 0.05) is 49.7 Å². The van der Waals surface area contributed by atoms with Crippen molar-refractivity contribution in [1.29, 1.82) is 5.26 Å². The maximum absolute atomic E-state index is 13.3. The summed E-state index contributed by atoms with van der Waals surface area (Å²) >= 11 is 0. The Kier molecular flexibility index (Phi) is 9.11. The highest BCUT2D eigenvalue weighted by atomic mass is 16.5. The number of likely N-dealkylation sites (N-methyl/N-ethyl adjacent to an activating group) is 1. The van der Waals surface area contributed by atoms with Crippen LogP contribution in [0.3, 0.4) is 0 Å². The van der Waals surface area contributed by atoms with Crippen LogP contribution in [0.25, 0.3) is 16.8 Å². The third kappa shape index (κ3) is 6.70. The van der Waals surface area contributed by atoms with Crippen LogP contribution in [-0.2, 0) is 17.6 Å². The zero-order chi connectivity index (χ0) is 32.2. The number of likely N-dealkylation sites (tertiary alicyclic amines) is 1. The maximum Gasteiger partial charge on any atom is 0.318 e. The SMILES string of the molecule is CN1CCC[C@H]1COc1nc2c(c(N3CCN(C(=O)/C=C/c4ccncc4)[C@@H](CC#N)C3)n1)CC[C@H](c1cccc3ccccc13)C2. The minimum Gasteiger partial charge on any atom is -0.462 e. The zero-order valence-corrected chi connectivity index (χ0v) is 27.0. The molecule has 1 aliphatic carbocycles. The van der Waals surface area contributed by atoms with E-state index < -0.39 is 0 Å². The smallest absolute Gasteiger partial charge is 0.318 e. The fourth-order valence-electron chi connectivity index (χ4n) is 7.49. The van der Waals surface area contributed by atoms with Crippen LogP contribution < -0.4 is 9.64 Å². The topological polar surface area (TPSA) is 98.5 Å². The van der Waals surface area contributed by atoms with Crippen LogP contribution in [-0.4, -0.2) is 82.6 Å². The number of hydrogen-bond acceptors (Lipinski definition) is 8. The fourth-order valence-corrected chi connectivity index (χ4v) is 7.49. The Balaban J connectivity index is 1.16. The van der Waals surface area contributed by atoms with Gasteiger partial charge in [-0.3, -0.25) is 9.78 Å². The van der Waals surface area contributed by atoms with Crippen LogP contribution in [0.1, 0.15) is 54.0 Å². The summed E-state index contributed by atoms with van der Waals surface area (Å²) in [5.74, 6) is 1.15. The number of amides is 1. The highest BCUT2D eigenvalue weighted by molar-refractivity contribution is 5.92. The number of nitriles is 1. The Labute approximate surface area is 276 Å². The Hall–Kier alpha value is -4.81. The van der Waals surface area contributed by atoms with E-state index in [1.165, 1.54) is 28.3 Å². The normalized spacial score (nSPS) is 21.6. The van der Waals surface area contributed by atoms with Crippen molar-refractivity contribution in [1.82, 2.24) is 24.8 Å². The van der Waals surface area contributed by atoms with Gasteiger partial charge in [-0.2, -0.15) is 15.2 Å². The predicted octanol–water partition coefficient (Wildman–Crippen LogP) is 5.41. The molecule has 0 spiro atoms. The molecule has 240 valence electrons. The van der Waals surface area contributed by atoms with E-state index in [-0.39, 0.29) is 18.4 Å². The predicted molar refractivity (Wildman–Crippen MR) is 183 cm³/mol. The lowest BCUT2D eigenvalue weighted by atomic mass is 9.80. The largest absolute Gasteiger partial charge is 0.462 e. The first-order chi connectivity index (χ1) is 23.1. The van der Waals surface area contributed by atoms with Gasteiger partial charge in [0.15, 0.2) is 0 Å². The number of ether oxygens (including phenoxy) is 1. The highest BCUT2D eigenvalue weighted by Gasteiger charge is 2.34. The molecule has 47 heavy (non-hydrogen) atoms. The van der Waals surface area contributed by atoms with E-state index in [0.717, 1.165) is 49.3 Å². The standard InChI is InChI=1S/C38H41N7O2/c1-43-21-5-8-31(43)26-47-38-41-35-24-29(33-10-4-7-28-6-2-3-9-32(28)33)12-13-34(35)37(42-38)44-22-23-45(30(25-44)15-18-39)36(46)14-11-27-16-19-40-20-17-27/h2-4,6-7,9-11,14,16-17,19-20,29-31H,5,8,12-13,15,21-26H2,1H3/b14-11+/t29-,30-,31-/m0/s1. The summed E-state index contributed by atoms with van der Waals surface area (Å²) in [6.07, 6.45) is 12.0. The third-order valence-electron chi connectivity index (χ3n) is 10.1. The summed E-state index contributed by atoms with van der Waals surface area (Å²) in [6.45, 7) is 3.30. The monoisotopic (exact) mass is 627 g/mol. The molecule has 3 atom stereocenters. The van der Waals surface area contributed by atoms with Crippen molar-refractivity contribution in [2.75, 3.05) is 44.7 Å². The first-order valence-corrected chi connectivity index (χ1v) is 16.8. The van der Waals surface area contributed by atoms with E-state index in [0.29, 0.717) is 44.2 Å². The Morgan fingerprint density at radius 2 is 1.87 bits per heavy atom.